The number of benzene rings is 1. The average Bonchev–Trinajstić information content (AvgIpc) is 3.44. The molecular formula is C23H17N3O4S3. The summed E-state index contributed by atoms with van der Waals surface area (Å²) in [6.07, 6.45) is 0. The van der Waals surface area contributed by atoms with Crippen molar-refractivity contribution < 1.29 is 9.21 Å². The fourth-order valence-corrected chi connectivity index (χ4v) is 6.33. The molecule has 7 nitrogen and oxygen atoms in total. The number of carbonyl (C=O) groups is 1. The van der Waals surface area contributed by atoms with Gasteiger partial charge in [0.25, 0.3) is 5.56 Å². The Balaban J connectivity index is 1.50. The summed E-state index contributed by atoms with van der Waals surface area (Å²) in [5.41, 5.74) is 2.05. The first kappa shape index (κ1) is 21.6. The van der Waals surface area contributed by atoms with Gasteiger partial charge in [0, 0.05) is 58.8 Å². The minimum atomic E-state index is -0.478. The lowest BCUT2D eigenvalue weighted by Gasteiger charge is -2.10. The van der Waals surface area contributed by atoms with Gasteiger partial charge in [-0.25, -0.2) is 9.78 Å². The van der Waals surface area contributed by atoms with Crippen molar-refractivity contribution in [3.05, 3.63) is 73.5 Å². The minimum absolute atomic E-state index is 0.0930. The Bertz CT molecular complexity index is 1630. The van der Waals surface area contributed by atoms with Crippen LogP contribution in [0.4, 0.5) is 5.69 Å². The Labute approximate surface area is 199 Å². The van der Waals surface area contributed by atoms with Gasteiger partial charge >= 0.3 is 5.63 Å². The standard InChI is InChI=1S/C23H17N3O4S3/c1-12(27)24-14-5-6-15-13(8-19(28)30-17(15)9-14)10-33-23-25-21-20(22(29)26(23)2)16(11-32-21)18-4-3-7-31-18/h3-9,11H,10H2,1-2H3,(H,24,27). The molecule has 0 saturated heterocycles. The number of amides is 1. The molecule has 1 amide bonds. The van der Waals surface area contributed by atoms with Crippen molar-refractivity contribution in [1.82, 2.24) is 9.55 Å². The van der Waals surface area contributed by atoms with Gasteiger partial charge in [-0.15, -0.1) is 22.7 Å². The zero-order valence-corrected chi connectivity index (χ0v) is 20.0. The lowest BCUT2D eigenvalue weighted by Crippen LogP contribution is -2.19. The van der Waals surface area contributed by atoms with Gasteiger partial charge in [0.2, 0.25) is 5.91 Å². The van der Waals surface area contributed by atoms with E-state index >= 15 is 0 Å². The van der Waals surface area contributed by atoms with Crippen LogP contribution in [-0.2, 0) is 17.6 Å². The van der Waals surface area contributed by atoms with Crippen LogP contribution in [-0.4, -0.2) is 15.5 Å². The Hall–Kier alpha value is -3.21. The van der Waals surface area contributed by atoms with E-state index in [1.165, 1.54) is 36.1 Å². The molecule has 0 spiro atoms. The highest BCUT2D eigenvalue weighted by molar-refractivity contribution is 7.98. The smallest absolute Gasteiger partial charge is 0.336 e. The number of thioether (sulfide) groups is 1. The Kier molecular flexibility index (Phi) is 5.65. The molecule has 0 radical (unpaired) electrons. The number of rotatable bonds is 5. The molecule has 5 aromatic rings. The highest BCUT2D eigenvalue weighted by atomic mass is 32.2. The third-order valence-electron chi connectivity index (χ3n) is 5.07. The molecule has 1 aromatic carbocycles. The second kappa shape index (κ2) is 8.62. The van der Waals surface area contributed by atoms with Gasteiger partial charge in [-0.2, -0.15) is 0 Å². The summed E-state index contributed by atoms with van der Waals surface area (Å²) in [5.74, 6) is 0.220. The Morgan fingerprint density at radius 2 is 2.06 bits per heavy atom. The summed E-state index contributed by atoms with van der Waals surface area (Å²) in [7, 11) is 1.71. The molecule has 166 valence electrons. The van der Waals surface area contributed by atoms with Gasteiger partial charge < -0.3 is 9.73 Å². The van der Waals surface area contributed by atoms with Crippen LogP contribution in [0, 0.1) is 0 Å². The Morgan fingerprint density at radius 3 is 2.82 bits per heavy atom. The first-order valence-electron chi connectivity index (χ1n) is 9.90. The number of carbonyl (C=O) groups excluding carboxylic acids is 1. The SMILES string of the molecule is CC(=O)Nc1ccc2c(CSc3nc4scc(-c5cccs5)c4c(=O)n3C)cc(=O)oc2c1. The molecule has 0 unspecified atom stereocenters. The van der Waals surface area contributed by atoms with Crippen LogP contribution < -0.4 is 16.5 Å². The van der Waals surface area contributed by atoms with E-state index in [1.54, 1.807) is 35.1 Å². The van der Waals surface area contributed by atoms with E-state index < -0.39 is 5.63 Å². The Morgan fingerprint density at radius 1 is 1.21 bits per heavy atom. The lowest BCUT2D eigenvalue weighted by molar-refractivity contribution is -0.114. The van der Waals surface area contributed by atoms with E-state index in [-0.39, 0.29) is 11.5 Å². The number of hydrogen-bond donors (Lipinski definition) is 1. The maximum atomic E-state index is 13.2. The van der Waals surface area contributed by atoms with Crippen molar-refractivity contribution >= 4 is 67.2 Å². The number of hydrogen-bond acceptors (Lipinski definition) is 8. The molecule has 0 aliphatic heterocycles. The van der Waals surface area contributed by atoms with Gasteiger partial charge in [0.15, 0.2) is 5.16 Å². The number of anilines is 1. The van der Waals surface area contributed by atoms with E-state index in [4.69, 9.17) is 9.40 Å². The largest absolute Gasteiger partial charge is 0.423 e. The van der Waals surface area contributed by atoms with Crippen LogP contribution in [0.2, 0.25) is 0 Å². The molecule has 33 heavy (non-hydrogen) atoms. The number of nitrogens with one attached hydrogen (secondary N) is 1. The van der Waals surface area contributed by atoms with Crippen molar-refractivity contribution in [1.29, 1.82) is 0 Å². The topological polar surface area (TPSA) is 94.2 Å². The van der Waals surface area contributed by atoms with E-state index in [9.17, 15) is 14.4 Å². The summed E-state index contributed by atoms with van der Waals surface area (Å²) >= 11 is 4.43. The molecule has 10 heteroatoms. The van der Waals surface area contributed by atoms with Crippen LogP contribution in [0.3, 0.4) is 0 Å². The highest BCUT2D eigenvalue weighted by Crippen LogP contribution is 2.35. The maximum Gasteiger partial charge on any atom is 0.336 e. The van der Waals surface area contributed by atoms with E-state index in [0.717, 1.165) is 21.4 Å². The van der Waals surface area contributed by atoms with Crippen molar-refractivity contribution in [2.45, 2.75) is 17.8 Å². The first-order chi connectivity index (χ1) is 15.9. The molecule has 4 heterocycles. The summed E-state index contributed by atoms with van der Waals surface area (Å²) in [6, 6.07) is 10.6. The fraction of sp³-hybridized carbons (Fsp3) is 0.130. The van der Waals surface area contributed by atoms with Crippen LogP contribution in [0.5, 0.6) is 0 Å². The predicted molar refractivity (Wildman–Crippen MR) is 135 cm³/mol. The van der Waals surface area contributed by atoms with Crippen LogP contribution in [0.25, 0.3) is 31.6 Å². The first-order valence-corrected chi connectivity index (χ1v) is 12.6. The summed E-state index contributed by atoms with van der Waals surface area (Å²) < 4.78 is 6.89. The van der Waals surface area contributed by atoms with Crippen LogP contribution in [0.15, 0.2) is 66.3 Å². The molecule has 0 saturated carbocycles. The van der Waals surface area contributed by atoms with E-state index in [1.807, 2.05) is 29.0 Å². The quantitative estimate of drug-likeness (QED) is 0.208. The molecule has 0 bridgehead atoms. The van der Waals surface area contributed by atoms with Gasteiger partial charge in [-0.1, -0.05) is 17.8 Å². The summed E-state index contributed by atoms with van der Waals surface area (Å²) in [4.78, 5) is 43.1. The molecular weight excluding hydrogens is 478 g/mol. The number of fused-ring (bicyclic) bond motifs is 2. The summed E-state index contributed by atoms with van der Waals surface area (Å²) in [5, 5.41) is 8.61. The maximum absolute atomic E-state index is 13.2. The predicted octanol–water partition coefficient (Wildman–Crippen LogP) is 5.08. The molecule has 0 atom stereocenters. The van der Waals surface area contributed by atoms with Crippen LogP contribution in [0.1, 0.15) is 12.5 Å². The highest BCUT2D eigenvalue weighted by Gasteiger charge is 2.17. The fourth-order valence-electron chi connectivity index (χ4n) is 3.57. The van der Waals surface area contributed by atoms with E-state index in [0.29, 0.717) is 32.4 Å². The third-order valence-corrected chi connectivity index (χ3v) is 7.92. The van der Waals surface area contributed by atoms with Crippen molar-refractivity contribution in [2.75, 3.05) is 5.32 Å². The van der Waals surface area contributed by atoms with Gasteiger partial charge in [-0.05, 0) is 29.1 Å². The average molecular weight is 496 g/mol. The summed E-state index contributed by atoms with van der Waals surface area (Å²) in [6.45, 7) is 1.42. The van der Waals surface area contributed by atoms with Crippen LogP contribution >= 0.6 is 34.4 Å². The number of nitrogens with zero attached hydrogens (tertiary/aromatic N) is 2. The van der Waals surface area contributed by atoms with Gasteiger partial charge in [-0.3, -0.25) is 14.2 Å². The second-order valence-electron chi connectivity index (χ2n) is 7.34. The normalized spacial score (nSPS) is 11.3. The lowest BCUT2D eigenvalue weighted by atomic mass is 10.1. The number of aromatic nitrogens is 2. The molecule has 1 N–H and O–H groups in total. The van der Waals surface area contributed by atoms with Crippen molar-refractivity contribution in [3.8, 4) is 10.4 Å². The monoisotopic (exact) mass is 495 g/mol. The molecule has 0 aliphatic rings. The third kappa shape index (κ3) is 4.12. The molecule has 0 aliphatic carbocycles. The van der Waals surface area contributed by atoms with Crippen molar-refractivity contribution in [2.24, 2.45) is 7.05 Å². The van der Waals surface area contributed by atoms with Gasteiger partial charge in [0.05, 0.1) is 5.39 Å². The molecule has 4 aromatic heterocycles. The zero-order valence-electron chi connectivity index (χ0n) is 17.6. The molecule has 0 fully saturated rings. The zero-order chi connectivity index (χ0) is 23.1. The van der Waals surface area contributed by atoms with Crippen molar-refractivity contribution in [3.63, 3.8) is 0 Å². The minimum Gasteiger partial charge on any atom is -0.423 e. The number of thiophene rings is 2. The van der Waals surface area contributed by atoms with E-state index in [2.05, 4.69) is 5.32 Å². The van der Waals surface area contributed by atoms with Gasteiger partial charge in [0.1, 0.15) is 10.4 Å². The molecule has 5 rings (SSSR count). The second-order valence-corrected chi connectivity index (χ2v) is 10.1.